The summed E-state index contributed by atoms with van der Waals surface area (Å²) in [5, 5.41) is 8.85. The summed E-state index contributed by atoms with van der Waals surface area (Å²) >= 11 is 0. The van der Waals surface area contributed by atoms with E-state index in [1.165, 1.54) is 11.1 Å². The molecule has 0 bridgehead atoms. The van der Waals surface area contributed by atoms with Crippen LogP contribution in [0.5, 0.6) is 0 Å². The number of oxazole rings is 1. The minimum Gasteiger partial charge on any atom is -0.465 e. The average Bonchev–Trinajstić information content (AvgIpc) is 2.70. The van der Waals surface area contributed by atoms with E-state index in [9.17, 15) is 9.59 Å². The molecule has 0 aromatic carbocycles. The van der Waals surface area contributed by atoms with Gasteiger partial charge in [-0.1, -0.05) is 0 Å². The normalized spacial score (nSPS) is 21.4. The Morgan fingerprint density at radius 2 is 2.50 bits per heavy atom. The number of nitrogens with zero attached hydrogens (tertiary/aromatic N) is 1. The molecule has 2 heterocycles. The highest BCUT2D eigenvalue weighted by Crippen LogP contribution is 2.30. The predicted octanol–water partition coefficient (Wildman–Crippen LogP) is 0.783. The Labute approximate surface area is 79.1 Å². The van der Waals surface area contributed by atoms with Crippen molar-refractivity contribution in [2.75, 3.05) is 6.54 Å². The van der Waals surface area contributed by atoms with Crippen LogP contribution in [0.25, 0.3) is 0 Å². The van der Waals surface area contributed by atoms with Crippen molar-refractivity contribution in [3.05, 3.63) is 22.5 Å². The van der Waals surface area contributed by atoms with Crippen LogP contribution in [0, 0.1) is 0 Å². The molecule has 1 aromatic rings. The van der Waals surface area contributed by atoms with Gasteiger partial charge in [0, 0.05) is 12.7 Å². The summed E-state index contributed by atoms with van der Waals surface area (Å²) in [4.78, 5) is 25.2. The van der Waals surface area contributed by atoms with Gasteiger partial charge in [0.2, 0.25) is 0 Å². The molecule has 1 atom stereocenters. The Morgan fingerprint density at radius 1 is 1.71 bits per heavy atom. The van der Waals surface area contributed by atoms with E-state index >= 15 is 0 Å². The number of hydrogen-bond acceptors (Lipinski definition) is 3. The van der Waals surface area contributed by atoms with Crippen molar-refractivity contribution in [3.8, 4) is 0 Å². The van der Waals surface area contributed by atoms with Crippen molar-refractivity contribution in [2.24, 2.45) is 0 Å². The lowest BCUT2D eigenvalue weighted by molar-refractivity contribution is 0.135. The Kier molecular flexibility index (Phi) is 2.03. The zero-order chi connectivity index (χ0) is 10.1. The molecule has 0 aliphatic carbocycles. The Morgan fingerprint density at radius 3 is 3.07 bits per heavy atom. The van der Waals surface area contributed by atoms with Crippen LogP contribution >= 0.6 is 0 Å². The number of H-pyrrole nitrogens is 1. The van der Waals surface area contributed by atoms with Gasteiger partial charge in [0.1, 0.15) is 5.76 Å². The van der Waals surface area contributed by atoms with Gasteiger partial charge in [0.15, 0.2) is 0 Å². The Hall–Kier alpha value is -1.72. The highest BCUT2D eigenvalue weighted by Gasteiger charge is 2.32. The summed E-state index contributed by atoms with van der Waals surface area (Å²) in [7, 11) is 0. The summed E-state index contributed by atoms with van der Waals surface area (Å²) in [5.74, 6) is -0.146. The zero-order valence-electron chi connectivity index (χ0n) is 7.40. The van der Waals surface area contributed by atoms with E-state index in [2.05, 4.69) is 4.98 Å². The van der Waals surface area contributed by atoms with Crippen molar-refractivity contribution in [3.63, 3.8) is 0 Å². The van der Waals surface area contributed by atoms with E-state index in [0.717, 1.165) is 6.42 Å². The maximum atomic E-state index is 10.8. The molecule has 0 radical (unpaired) electrons. The molecule has 76 valence electrons. The van der Waals surface area contributed by atoms with Crippen molar-refractivity contribution < 1.29 is 14.3 Å². The van der Waals surface area contributed by atoms with Gasteiger partial charge in [-0.15, -0.1) is 0 Å². The maximum Gasteiger partial charge on any atom is 0.416 e. The van der Waals surface area contributed by atoms with Crippen LogP contribution in [-0.4, -0.2) is 27.6 Å². The molecule has 14 heavy (non-hydrogen) atoms. The Bertz CT molecular complexity index is 394. The third-order valence-electron chi connectivity index (χ3n) is 2.37. The largest absolute Gasteiger partial charge is 0.465 e. The van der Waals surface area contributed by atoms with Gasteiger partial charge >= 0.3 is 11.8 Å². The van der Waals surface area contributed by atoms with Crippen molar-refractivity contribution in [1.29, 1.82) is 0 Å². The molecule has 2 N–H and O–H groups in total. The van der Waals surface area contributed by atoms with E-state index in [1.54, 1.807) is 0 Å². The molecular weight excluding hydrogens is 188 g/mol. The lowest BCUT2D eigenvalue weighted by Crippen LogP contribution is -2.28. The minimum atomic E-state index is -0.976. The van der Waals surface area contributed by atoms with Crippen LogP contribution in [-0.2, 0) is 0 Å². The second-order valence-electron chi connectivity index (χ2n) is 3.21. The fraction of sp³-hybridized carbons (Fsp3) is 0.500. The number of nitrogens with one attached hydrogen (secondary N) is 1. The molecule has 1 aliphatic rings. The number of rotatable bonds is 1. The predicted molar refractivity (Wildman–Crippen MR) is 46.0 cm³/mol. The van der Waals surface area contributed by atoms with Gasteiger partial charge in [-0.2, -0.15) is 0 Å². The molecule has 2 rings (SSSR count). The third-order valence-corrected chi connectivity index (χ3v) is 2.37. The smallest absolute Gasteiger partial charge is 0.416 e. The zero-order valence-corrected chi connectivity index (χ0v) is 7.40. The number of aromatic amines is 1. The molecule has 1 amide bonds. The summed E-state index contributed by atoms with van der Waals surface area (Å²) in [6, 6.07) is -0.313. The van der Waals surface area contributed by atoms with Crippen LogP contribution in [0.4, 0.5) is 4.79 Å². The first-order valence-corrected chi connectivity index (χ1v) is 4.36. The monoisotopic (exact) mass is 198 g/mol. The van der Waals surface area contributed by atoms with E-state index in [1.807, 2.05) is 0 Å². The van der Waals surface area contributed by atoms with Crippen molar-refractivity contribution >= 4 is 6.09 Å². The first-order chi connectivity index (χ1) is 6.68. The quantitative estimate of drug-likeness (QED) is 0.698. The van der Waals surface area contributed by atoms with E-state index < -0.39 is 11.8 Å². The number of carbonyl (C=O) groups is 1. The molecule has 1 aliphatic heterocycles. The second-order valence-corrected chi connectivity index (χ2v) is 3.21. The molecule has 0 spiro atoms. The van der Waals surface area contributed by atoms with Crippen LogP contribution in [0.2, 0.25) is 0 Å². The SMILES string of the molecule is O=C(O)N1CCC[C@@H]1c1c[nH]c(=O)o1. The van der Waals surface area contributed by atoms with Gasteiger partial charge < -0.3 is 9.52 Å². The number of likely N-dealkylation sites (tertiary alicyclic amines) is 1. The van der Waals surface area contributed by atoms with Crippen LogP contribution in [0.1, 0.15) is 24.6 Å². The molecule has 0 saturated carbocycles. The molecule has 6 nitrogen and oxygen atoms in total. The lowest BCUT2D eigenvalue weighted by atomic mass is 10.2. The first kappa shape index (κ1) is 8.86. The van der Waals surface area contributed by atoms with Gasteiger partial charge in [-0.25, -0.2) is 9.59 Å². The van der Waals surface area contributed by atoms with E-state index in [4.69, 9.17) is 9.52 Å². The average molecular weight is 198 g/mol. The van der Waals surface area contributed by atoms with Crippen molar-refractivity contribution in [1.82, 2.24) is 9.88 Å². The van der Waals surface area contributed by atoms with Gasteiger partial charge in [-0.05, 0) is 12.8 Å². The van der Waals surface area contributed by atoms with Crippen LogP contribution in [0.15, 0.2) is 15.4 Å². The van der Waals surface area contributed by atoms with E-state index in [0.29, 0.717) is 18.7 Å². The summed E-state index contributed by atoms with van der Waals surface area (Å²) in [6.45, 7) is 0.495. The standard InChI is InChI=1S/C8H10N2O4/c11-7-9-4-6(14-7)5-2-1-3-10(5)8(12)13/h4-5H,1-3H2,(H,9,11)(H,12,13)/t5-/m1/s1. The number of aromatic nitrogens is 1. The molecule has 1 aromatic heterocycles. The van der Waals surface area contributed by atoms with Gasteiger partial charge in [0.25, 0.3) is 0 Å². The minimum absolute atomic E-state index is 0.313. The highest BCUT2D eigenvalue weighted by atomic mass is 16.4. The number of carboxylic acid groups (broad SMARTS) is 1. The highest BCUT2D eigenvalue weighted by molar-refractivity contribution is 5.66. The molecule has 1 fully saturated rings. The summed E-state index contributed by atoms with van der Waals surface area (Å²) < 4.78 is 4.83. The fourth-order valence-electron chi connectivity index (χ4n) is 1.75. The van der Waals surface area contributed by atoms with Crippen LogP contribution in [0.3, 0.4) is 0 Å². The number of amides is 1. The molecule has 1 saturated heterocycles. The first-order valence-electron chi connectivity index (χ1n) is 4.36. The Balaban J connectivity index is 2.25. The van der Waals surface area contributed by atoms with Crippen molar-refractivity contribution in [2.45, 2.75) is 18.9 Å². The fourth-order valence-corrected chi connectivity index (χ4v) is 1.75. The summed E-state index contributed by atoms with van der Waals surface area (Å²) in [5.41, 5.74) is 0. The van der Waals surface area contributed by atoms with E-state index in [-0.39, 0.29) is 6.04 Å². The molecular formula is C8H10N2O4. The molecule has 6 heteroatoms. The summed E-state index contributed by atoms with van der Waals surface area (Å²) in [6.07, 6.45) is 1.95. The third kappa shape index (κ3) is 1.39. The number of hydrogen-bond donors (Lipinski definition) is 2. The lowest BCUT2D eigenvalue weighted by Gasteiger charge is -2.18. The maximum absolute atomic E-state index is 10.8. The van der Waals surface area contributed by atoms with Gasteiger partial charge in [0.05, 0.1) is 6.04 Å². The second kappa shape index (κ2) is 3.21. The molecule has 0 unspecified atom stereocenters. The van der Waals surface area contributed by atoms with Gasteiger partial charge in [-0.3, -0.25) is 9.88 Å². The van der Waals surface area contributed by atoms with Crippen LogP contribution < -0.4 is 5.76 Å². The topological polar surface area (TPSA) is 86.5 Å².